The van der Waals surface area contributed by atoms with Crippen LogP contribution < -0.4 is 5.32 Å². The van der Waals surface area contributed by atoms with Gasteiger partial charge in [0, 0.05) is 12.8 Å². The molecule has 0 aliphatic carbocycles. The first-order valence-electron chi connectivity index (χ1n) is 27.3. The van der Waals surface area contributed by atoms with Crippen LogP contribution in [0.2, 0.25) is 0 Å². The number of hydrogen-bond donors (Lipinski definition) is 3. The molecule has 0 saturated heterocycles. The van der Waals surface area contributed by atoms with Crippen molar-refractivity contribution < 1.29 is 24.5 Å². The fraction of sp³-hybridized carbons (Fsp3) is 0.857. The average molecular weight is 872 g/mol. The normalized spacial score (nSPS) is 12.9. The molecule has 1 amide bonds. The van der Waals surface area contributed by atoms with Gasteiger partial charge in [-0.2, -0.15) is 0 Å². The van der Waals surface area contributed by atoms with Crippen LogP contribution in [0.1, 0.15) is 284 Å². The SMILES string of the molecule is CCCCCCCCCCC/C=C/C(O)C(CO)NC(=O)CCCCCCCC/C=C\C=C/CCCCCOC(=O)CCCCCCCCCCCCCCCCCCCCC. The summed E-state index contributed by atoms with van der Waals surface area (Å²) in [4.78, 5) is 24.5. The van der Waals surface area contributed by atoms with Gasteiger partial charge in [0.15, 0.2) is 0 Å². The van der Waals surface area contributed by atoms with Gasteiger partial charge in [0.2, 0.25) is 5.91 Å². The van der Waals surface area contributed by atoms with Crippen LogP contribution in [-0.4, -0.2) is 47.4 Å². The van der Waals surface area contributed by atoms with Crippen LogP contribution in [0.5, 0.6) is 0 Å². The molecule has 0 heterocycles. The maximum atomic E-state index is 12.4. The van der Waals surface area contributed by atoms with E-state index in [-0.39, 0.29) is 18.5 Å². The summed E-state index contributed by atoms with van der Waals surface area (Å²) in [5.74, 6) is -0.111. The van der Waals surface area contributed by atoms with E-state index in [9.17, 15) is 19.8 Å². The Morgan fingerprint density at radius 1 is 0.452 bits per heavy atom. The van der Waals surface area contributed by atoms with E-state index in [4.69, 9.17) is 4.74 Å². The molecule has 0 aromatic heterocycles. The molecule has 6 nitrogen and oxygen atoms in total. The lowest BCUT2D eigenvalue weighted by atomic mass is 10.0. The first kappa shape index (κ1) is 60.1. The zero-order chi connectivity index (χ0) is 45.1. The van der Waals surface area contributed by atoms with Gasteiger partial charge in [0.05, 0.1) is 25.4 Å². The third-order valence-electron chi connectivity index (χ3n) is 12.4. The molecule has 2 unspecified atom stereocenters. The number of carbonyl (C=O) groups is 2. The van der Waals surface area contributed by atoms with Gasteiger partial charge in [-0.1, -0.05) is 243 Å². The van der Waals surface area contributed by atoms with Crippen molar-refractivity contribution in [2.45, 2.75) is 296 Å². The number of esters is 1. The van der Waals surface area contributed by atoms with Crippen LogP contribution >= 0.6 is 0 Å². The Bertz CT molecular complexity index is 1010. The highest BCUT2D eigenvalue weighted by Gasteiger charge is 2.18. The summed E-state index contributed by atoms with van der Waals surface area (Å²) in [6.45, 7) is 4.84. The second-order valence-corrected chi connectivity index (χ2v) is 18.6. The zero-order valence-electron chi connectivity index (χ0n) is 41.4. The van der Waals surface area contributed by atoms with Crippen molar-refractivity contribution in [3.8, 4) is 0 Å². The second kappa shape index (κ2) is 51.7. The number of ether oxygens (including phenoxy) is 1. The van der Waals surface area contributed by atoms with E-state index in [1.54, 1.807) is 6.08 Å². The van der Waals surface area contributed by atoms with Crippen LogP contribution in [0, 0.1) is 0 Å². The van der Waals surface area contributed by atoms with Crippen molar-refractivity contribution >= 4 is 11.9 Å². The smallest absolute Gasteiger partial charge is 0.305 e. The molecule has 62 heavy (non-hydrogen) atoms. The quantitative estimate of drug-likeness (QED) is 0.0245. The van der Waals surface area contributed by atoms with Crippen molar-refractivity contribution in [2.24, 2.45) is 0 Å². The van der Waals surface area contributed by atoms with Gasteiger partial charge in [-0.15, -0.1) is 0 Å². The average Bonchev–Trinajstić information content (AvgIpc) is 3.27. The first-order valence-corrected chi connectivity index (χ1v) is 27.3. The van der Waals surface area contributed by atoms with E-state index in [0.717, 1.165) is 77.0 Å². The Kier molecular flexibility index (Phi) is 50.1. The van der Waals surface area contributed by atoms with E-state index in [1.165, 1.54) is 180 Å². The van der Waals surface area contributed by atoms with Gasteiger partial charge >= 0.3 is 5.97 Å². The molecule has 0 aliphatic heterocycles. The highest BCUT2D eigenvalue weighted by atomic mass is 16.5. The van der Waals surface area contributed by atoms with Crippen molar-refractivity contribution in [3.05, 3.63) is 36.5 Å². The van der Waals surface area contributed by atoms with Gasteiger partial charge in [0.25, 0.3) is 0 Å². The molecule has 0 rings (SSSR count). The number of rotatable bonds is 50. The van der Waals surface area contributed by atoms with E-state index in [1.807, 2.05) is 6.08 Å². The summed E-state index contributed by atoms with van der Waals surface area (Å²) >= 11 is 0. The molecule has 364 valence electrons. The Balaban J connectivity index is 3.50. The number of aliphatic hydroxyl groups is 2. The number of unbranched alkanes of at least 4 members (excludes halogenated alkanes) is 36. The van der Waals surface area contributed by atoms with Crippen LogP contribution in [0.3, 0.4) is 0 Å². The highest BCUT2D eigenvalue weighted by Crippen LogP contribution is 2.16. The summed E-state index contributed by atoms with van der Waals surface area (Å²) in [7, 11) is 0. The Morgan fingerprint density at radius 2 is 0.790 bits per heavy atom. The molecule has 0 fully saturated rings. The largest absolute Gasteiger partial charge is 0.466 e. The summed E-state index contributed by atoms with van der Waals surface area (Å²) in [5, 5.41) is 23.0. The zero-order valence-corrected chi connectivity index (χ0v) is 41.4. The Hall–Kier alpha value is -1.92. The van der Waals surface area contributed by atoms with Gasteiger partial charge < -0.3 is 20.3 Å². The van der Waals surface area contributed by atoms with Gasteiger partial charge in [0.1, 0.15) is 0 Å². The fourth-order valence-corrected chi connectivity index (χ4v) is 8.21. The lowest BCUT2D eigenvalue weighted by Gasteiger charge is -2.20. The maximum Gasteiger partial charge on any atom is 0.305 e. The maximum absolute atomic E-state index is 12.4. The lowest BCUT2D eigenvalue weighted by Crippen LogP contribution is -2.45. The topological polar surface area (TPSA) is 95.9 Å². The second-order valence-electron chi connectivity index (χ2n) is 18.6. The van der Waals surface area contributed by atoms with Crippen LogP contribution in [0.15, 0.2) is 36.5 Å². The number of hydrogen-bond acceptors (Lipinski definition) is 5. The number of carbonyl (C=O) groups excluding carboxylic acids is 2. The van der Waals surface area contributed by atoms with Crippen molar-refractivity contribution in [2.75, 3.05) is 13.2 Å². The molecule has 0 aliphatic rings. The van der Waals surface area contributed by atoms with Gasteiger partial charge in [-0.05, 0) is 64.2 Å². The Labute approximate surface area is 385 Å². The molecule has 0 aromatic rings. The number of aliphatic hydroxyl groups excluding tert-OH is 2. The molecule has 0 spiro atoms. The third-order valence-corrected chi connectivity index (χ3v) is 12.4. The summed E-state index contributed by atoms with van der Waals surface area (Å²) in [5.41, 5.74) is 0. The van der Waals surface area contributed by atoms with Crippen LogP contribution in [0.25, 0.3) is 0 Å². The van der Waals surface area contributed by atoms with Crippen molar-refractivity contribution in [1.29, 1.82) is 0 Å². The van der Waals surface area contributed by atoms with Crippen LogP contribution in [0.4, 0.5) is 0 Å². The van der Waals surface area contributed by atoms with E-state index >= 15 is 0 Å². The molecule has 2 atom stereocenters. The molecular weight excluding hydrogens is 767 g/mol. The summed E-state index contributed by atoms with van der Waals surface area (Å²) in [6.07, 6.45) is 63.1. The van der Waals surface area contributed by atoms with Gasteiger partial charge in [-0.3, -0.25) is 9.59 Å². The molecule has 0 aromatic carbocycles. The van der Waals surface area contributed by atoms with Crippen molar-refractivity contribution in [3.63, 3.8) is 0 Å². The minimum atomic E-state index is -0.857. The van der Waals surface area contributed by atoms with E-state index in [0.29, 0.717) is 19.4 Å². The predicted octanol–water partition coefficient (Wildman–Crippen LogP) is 16.5. The molecule has 3 N–H and O–H groups in total. The van der Waals surface area contributed by atoms with E-state index in [2.05, 4.69) is 43.5 Å². The fourth-order valence-electron chi connectivity index (χ4n) is 8.21. The molecule has 0 bridgehead atoms. The minimum absolute atomic E-state index is 0.0187. The van der Waals surface area contributed by atoms with Gasteiger partial charge in [-0.25, -0.2) is 0 Å². The van der Waals surface area contributed by atoms with E-state index < -0.39 is 12.1 Å². The molecular formula is C56H105NO5. The standard InChI is InChI=1S/C56H105NO5/c1-3-5-7-9-11-13-15-16-17-18-19-20-23-26-30-34-38-42-46-50-56(61)62-51-47-43-39-35-31-27-24-21-22-25-29-33-37-41-45-49-55(60)57-53(52-58)54(59)48-44-40-36-32-28-14-12-10-8-6-4-2/h21,24,27,31,44,48,53-54,58-59H,3-20,22-23,25-26,28-30,32-43,45-47,49-52H2,1-2H3,(H,57,60)/b24-21-,31-27-,48-44+. The van der Waals surface area contributed by atoms with Crippen LogP contribution in [-0.2, 0) is 14.3 Å². The monoisotopic (exact) mass is 872 g/mol. The first-order chi connectivity index (χ1) is 30.5. The molecule has 0 saturated carbocycles. The summed E-state index contributed by atoms with van der Waals surface area (Å²) in [6, 6.07) is -0.643. The predicted molar refractivity (Wildman–Crippen MR) is 269 cm³/mol. The Morgan fingerprint density at radius 3 is 1.19 bits per heavy atom. The lowest BCUT2D eigenvalue weighted by molar-refractivity contribution is -0.143. The third kappa shape index (κ3) is 47.6. The summed E-state index contributed by atoms with van der Waals surface area (Å²) < 4.78 is 5.46. The number of allylic oxidation sites excluding steroid dienone is 5. The number of amides is 1. The highest BCUT2D eigenvalue weighted by molar-refractivity contribution is 5.76. The molecule has 0 radical (unpaired) electrons. The number of nitrogens with one attached hydrogen (secondary N) is 1. The van der Waals surface area contributed by atoms with Crippen molar-refractivity contribution in [1.82, 2.24) is 5.32 Å². The minimum Gasteiger partial charge on any atom is -0.466 e. The molecule has 6 heteroatoms.